The number of nitrogens with zero attached hydrogens (tertiary/aromatic N) is 1. The molecule has 2 unspecified atom stereocenters. The Balaban J connectivity index is 3.94. The molecular weight excluding hydrogens is 442 g/mol. The van der Waals surface area contributed by atoms with Crippen LogP contribution in [0.15, 0.2) is 0 Å². The van der Waals surface area contributed by atoms with E-state index >= 15 is 0 Å². The summed E-state index contributed by atoms with van der Waals surface area (Å²) in [5.74, 6) is -0.488. The van der Waals surface area contributed by atoms with Gasteiger partial charge in [-0.05, 0) is 19.3 Å². The summed E-state index contributed by atoms with van der Waals surface area (Å²) >= 11 is 0. The van der Waals surface area contributed by atoms with Gasteiger partial charge in [0.15, 0.2) is 6.23 Å². The summed E-state index contributed by atoms with van der Waals surface area (Å²) in [6.07, 6.45) is 5.57. The van der Waals surface area contributed by atoms with E-state index in [1.165, 1.54) is 64.8 Å². The summed E-state index contributed by atoms with van der Waals surface area (Å²) in [7, 11) is 1.25. The van der Waals surface area contributed by atoms with Crippen molar-refractivity contribution in [2.75, 3.05) is 13.7 Å². The molecule has 0 fully saturated rings. The van der Waals surface area contributed by atoms with Crippen molar-refractivity contribution >= 4 is 5.91 Å². The SMILES string of the molecule is CCCCCCCCCCCCCC(O)CCCC(=O)N(C)C(O)[C@H](O)[C@@H](O)[C@H](O)[C@H](O)CO. The predicted octanol–water partition coefficient (Wildman–Crippen LogP) is 1.43. The smallest absolute Gasteiger partial charge is 0.224 e. The second kappa shape index (κ2) is 20.4. The number of likely N-dealkylation sites (N-methyl/N-ethyl adjacent to an activating group) is 1. The van der Waals surface area contributed by atoms with Crippen LogP contribution in [-0.2, 0) is 4.79 Å². The molecule has 0 aromatic rings. The fourth-order valence-electron chi connectivity index (χ4n) is 3.94. The Kier molecular flexibility index (Phi) is 19.9. The van der Waals surface area contributed by atoms with Crippen LogP contribution in [-0.4, -0.2) is 97.0 Å². The van der Waals surface area contributed by atoms with Gasteiger partial charge >= 0.3 is 0 Å². The number of carbonyl (C=O) groups is 1. The predicted molar refractivity (Wildman–Crippen MR) is 131 cm³/mol. The van der Waals surface area contributed by atoms with Crippen molar-refractivity contribution in [3.05, 3.63) is 0 Å². The number of hydrogen-bond acceptors (Lipinski definition) is 8. The number of aliphatic hydroxyl groups is 7. The van der Waals surface area contributed by atoms with Gasteiger partial charge in [0, 0.05) is 13.5 Å². The zero-order chi connectivity index (χ0) is 25.9. The molecule has 9 nitrogen and oxygen atoms in total. The molecule has 0 saturated heterocycles. The van der Waals surface area contributed by atoms with E-state index in [0.29, 0.717) is 19.3 Å². The highest BCUT2D eigenvalue weighted by Crippen LogP contribution is 2.16. The third-order valence-electron chi connectivity index (χ3n) is 6.45. The van der Waals surface area contributed by atoms with Crippen molar-refractivity contribution < 1.29 is 40.5 Å². The maximum absolute atomic E-state index is 12.3. The number of aliphatic hydroxyl groups excluding tert-OH is 7. The molecule has 0 heterocycles. The molecule has 34 heavy (non-hydrogen) atoms. The minimum atomic E-state index is -1.96. The van der Waals surface area contributed by atoms with Crippen LogP contribution in [0.2, 0.25) is 0 Å². The molecule has 0 aliphatic heterocycles. The quantitative estimate of drug-likeness (QED) is 0.0880. The topological polar surface area (TPSA) is 162 Å². The van der Waals surface area contributed by atoms with Gasteiger partial charge in [0.25, 0.3) is 0 Å². The Labute approximate surface area is 205 Å². The molecule has 0 aliphatic carbocycles. The molecule has 0 bridgehead atoms. The largest absolute Gasteiger partial charge is 0.394 e. The average molecular weight is 494 g/mol. The van der Waals surface area contributed by atoms with Crippen LogP contribution in [0.1, 0.15) is 103 Å². The van der Waals surface area contributed by atoms with Crippen LogP contribution in [0.4, 0.5) is 0 Å². The Bertz CT molecular complexity index is 496. The molecule has 9 heteroatoms. The summed E-state index contributed by atoms with van der Waals surface area (Å²) in [4.78, 5) is 13.1. The first-order chi connectivity index (χ1) is 16.2. The monoisotopic (exact) mass is 493 g/mol. The third kappa shape index (κ3) is 14.6. The fraction of sp³-hybridized carbons (Fsp3) is 0.960. The minimum Gasteiger partial charge on any atom is -0.394 e. The summed E-state index contributed by atoms with van der Waals surface area (Å²) < 4.78 is 0. The van der Waals surface area contributed by atoms with Crippen LogP contribution in [0.3, 0.4) is 0 Å². The van der Waals surface area contributed by atoms with Crippen molar-refractivity contribution in [2.24, 2.45) is 0 Å². The van der Waals surface area contributed by atoms with Gasteiger partial charge in [-0.2, -0.15) is 0 Å². The first-order valence-electron chi connectivity index (χ1n) is 13.1. The van der Waals surface area contributed by atoms with Gasteiger partial charge < -0.3 is 40.6 Å². The van der Waals surface area contributed by atoms with Crippen LogP contribution in [0, 0.1) is 0 Å². The van der Waals surface area contributed by atoms with E-state index < -0.39 is 49.3 Å². The van der Waals surface area contributed by atoms with Crippen molar-refractivity contribution in [3.8, 4) is 0 Å². The second-order valence-corrected chi connectivity index (χ2v) is 9.51. The lowest BCUT2D eigenvalue weighted by molar-refractivity contribution is -0.175. The van der Waals surface area contributed by atoms with Crippen molar-refractivity contribution in [1.82, 2.24) is 4.90 Å². The molecule has 0 aromatic carbocycles. The summed E-state index contributed by atoms with van der Waals surface area (Å²) in [5, 5.41) is 67.8. The molecule has 0 aliphatic rings. The van der Waals surface area contributed by atoms with Gasteiger partial charge in [0.1, 0.15) is 24.4 Å². The highest BCUT2D eigenvalue weighted by molar-refractivity contribution is 5.76. The molecular formula is C25H51NO8. The number of rotatable bonds is 22. The molecule has 0 aromatic heterocycles. The molecule has 0 saturated carbocycles. The van der Waals surface area contributed by atoms with E-state index in [9.17, 15) is 35.4 Å². The van der Waals surface area contributed by atoms with Gasteiger partial charge in [0.2, 0.25) is 5.91 Å². The zero-order valence-electron chi connectivity index (χ0n) is 21.3. The number of amides is 1. The lowest BCUT2D eigenvalue weighted by atomic mass is 10.0. The number of hydrogen-bond donors (Lipinski definition) is 7. The highest BCUT2D eigenvalue weighted by Gasteiger charge is 2.36. The van der Waals surface area contributed by atoms with Gasteiger partial charge in [-0.25, -0.2) is 0 Å². The number of unbranched alkanes of at least 4 members (excludes halogenated alkanes) is 10. The van der Waals surface area contributed by atoms with Gasteiger partial charge in [-0.3, -0.25) is 4.79 Å². The van der Waals surface area contributed by atoms with Gasteiger partial charge in [0.05, 0.1) is 12.7 Å². The summed E-state index contributed by atoms with van der Waals surface area (Å²) in [6, 6.07) is 0. The average Bonchev–Trinajstić information content (AvgIpc) is 2.84. The fourth-order valence-corrected chi connectivity index (χ4v) is 3.94. The van der Waals surface area contributed by atoms with Crippen molar-refractivity contribution in [3.63, 3.8) is 0 Å². The first kappa shape index (κ1) is 33.2. The second-order valence-electron chi connectivity index (χ2n) is 9.51. The highest BCUT2D eigenvalue weighted by atomic mass is 16.4. The normalized spacial score (nSPS) is 17.1. The van der Waals surface area contributed by atoms with Crippen LogP contribution >= 0.6 is 0 Å². The summed E-state index contributed by atoms with van der Waals surface area (Å²) in [6.45, 7) is 1.39. The maximum atomic E-state index is 12.3. The number of carbonyl (C=O) groups excluding carboxylic acids is 1. The van der Waals surface area contributed by atoms with Crippen LogP contribution in [0.5, 0.6) is 0 Å². The Morgan fingerprint density at radius 1 is 0.676 bits per heavy atom. The molecule has 0 rings (SSSR count). The third-order valence-corrected chi connectivity index (χ3v) is 6.45. The van der Waals surface area contributed by atoms with E-state index in [0.717, 1.165) is 17.7 Å². The maximum Gasteiger partial charge on any atom is 0.224 e. The van der Waals surface area contributed by atoms with Crippen LogP contribution in [0.25, 0.3) is 0 Å². The first-order valence-corrected chi connectivity index (χ1v) is 13.1. The molecule has 7 N–H and O–H groups in total. The van der Waals surface area contributed by atoms with Crippen molar-refractivity contribution in [1.29, 1.82) is 0 Å². The Hall–Kier alpha value is -0.810. The molecule has 6 atom stereocenters. The molecule has 0 radical (unpaired) electrons. The van der Waals surface area contributed by atoms with E-state index in [2.05, 4.69) is 6.92 Å². The van der Waals surface area contributed by atoms with E-state index in [-0.39, 0.29) is 6.42 Å². The minimum absolute atomic E-state index is 0.0491. The van der Waals surface area contributed by atoms with Gasteiger partial charge in [-0.1, -0.05) is 77.6 Å². The lowest BCUT2D eigenvalue weighted by Crippen LogP contribution is -2.55. The van der Waals surface area contributed by atoms with Gasteiger partial charge in [-0.15, -0.1) is 0 Å². The Morgan fingerprint density at radius 2 is 1.15 bits per heavy atom. The molecule has 0 spiro atoms. The van der Waals surface area contributed by atoms with Crippen molar-refractivity contribution in [2.45, 2.75) is 140 Å². The molecule has 1 amide bonds. The van der Waals surface area contributed by atoms with E-state index in [4.69, 9.17) is 5.11 Å². The summed E-state index contributed by atoms with van der Waals surface area (Å²) in [5.41, 5.74) is 0. The lowest BCUT2D eigenvalue weighted by Gasteiger charge is -2.33. The standard InChI is InChI=1S/C25H51NO8/c1-3-4-5-6-7-8-9-10-11-12-13-15-19(28)16-14-17-21(30)26(2)25(34)24(33)23(32)22(31)20(29)18-27/h19-20,22-25,27-29,31-34H,3-18H2,1-2H3/t19?,20-,22-,23+,24-,25?/m1/s1. The molecule has 204 valence electrons. The van der Waals surface area contributed by atoms with E-state index in [1.807, 2.05) is 0 Å². The van der Waals surface area contributed by atoms with Crippen LogP contribution < -0.4 is 0 Å². The van der Waals surface area contributed by atoms with E-state index in [1.54, 1.807) is 0 Å². The Morgan fingerprint density at radius 3 is 1.65 bits per heavy atom. The zero-order valence-corrected chi connectivity index (χ0v) is 21.3.